The van der Waals surface area contributed by atoms with Gasteiger partial charge in [-0.1, -0.05) is 6.07 Å². The van der Waals surface area contributed by atoms with Gasteiger partial charge in [0, 0.05) is 16.3 Å². The highest BCUT2D eigenvalue weighted by molar-refractivity contribution is 7.10. The molecule has 3 rings (SSSR count). The third-order valence-electron chi connectivity index (χ3n) is 3.68. The van der Waals surface area contributed by atoms with E-state index in [0.717, 1.165) is 17.8 Å². The lowest BCUT2D eigenvalue weighted by Crippen LogP contribution is -2.43. The third kappa shape index (κ3) is 2.22. The van der Waals surface area contributed by atoms with E-state index in [2.05, 4.69) is 18.4 Å². The SMILES string of the molecule is CC1c2ccsc2CCN1C(=O)C(N)c1cccs1. The van der Waals surface area contributed by atoms with Gasteiger partial charge < -0.3 is 10.6 Å². The van der Waals surface area contributed by atoms with E-state index in [1.54, 1.807) is 22.7 Å². The van der Waals surface area contributed by atoms with Crippen LogP contribution < -0.4 is 5.73 Å². The zero-order chi connectivity index (χ0) is 13.4. The number of nitrogens with zero attached hydrogens (tertiary/aromatic N) is 1. The van der Waals surface area contributed by atoms with Gasteiger partial charge in [0.1, 0.15) is 6.04 Å². The van der Waals surface area contributed by atoms with Gasteiger partial charge in [0.05, 0.1) is 6.04 Å². The van der Waals surface area contributed by atoms with Crippen molar-refractivity contribution >= 4 is 28.6 Å². The van der Waals surface area contributed by atoms with Crippen LogP contribution in [0.2, 0.25) is 0 Å². The van der Waals surface area contributed by atoms with Crippen LogP contribution in [0.4, 0.5) is 0 Å². The molecule has 0 bridgehead atoms. The molecule has 3 heterocycles. The number of nitrogens with two attached hydrogens (primary N) is 1. The van der Waals surface area contributed by atoms with Crippen molar-refractivity contribution < 1.29 is 4.79 Å². The molecule has 1 aliphatic heterocycles. The molecule has 2 N–H and O–H groups in total. The second-order valence-corrected chi connectivity index (χ2v) is 6.73. The standard InChI is InChI=1S/C14H16N2OS2/c1-9-10-5-8-19-11(10)4-6-16(9)14(17)13(15)12-3-2-7-18-12/h2-3,5,7-9,13H,4,6,15H2,1H3. The first-order chi connectivity index (χ1) is 9.18. The fraction of sp³-hybridized carbons (Fsp3) is 0.357. The van der Waals surface area contributed by atoms with Gasteiger partial charge >= 0.3 is 0 Å². The molecule has 0 radical (unpaired) electrons. The van der Waals surface area contributed by atoms with Crippen LogP contribution in [-0.4, -0.2) is 17.4 Å². The highest BCUT2D eigenvalue weighted by Gasteiger charge is 2.31. The minimum absolute atomic E-state index is 0.0341. The summed E-state index contributed by atoms with van der Waals surface area (Å²) < 4.78 is 0. The maximum atomic E-state index is 12.5. The molecule has 2 atom stereocenters. The van der Waals surface area contributed by atoms with Gasteiger partial charge in [-0.25, -0.2) is 0 Å². The Hall–Kier alpha value is -1.17. The Morgan fingerprint density at radius 2 is 2.26 bits per heavy atom. The summed E-state index contributed by atoms with van der Waals surface area (Å²) in [6.45, 7) is 2.86. The molecule has 0 fully saturated rings. The predicted octanol–water partition coefficient (Wildman–Crippen LogP) is 2.96. The molecule has 0 spiro atoms. The van der Waals surface area contributed by atoms with Crippen molar-refractivity contribution in [3.05, 3.63) is 44.3 Å². The van der Waals surface area contributed by atoms with E-state index in [-0.39, 0.29) is 11.9 Å². The third-order valence-corrected chi connectivity index (χ3v) is 5.63. The quantitative estimate of drug-likeness (QED) is 0.925. The number of hydrogen-bond donors (Lipinski definition) is 1. The smallest absolute Gasteiger partial charge is 0.245 e. The van der Waals surface area contributed by atoms with Crippen molar-refractivity contribution in [1.29, 1.82) is 0 Å². The Morgan fingerprint density at radius 3 is 3.00 bits per heavy atom. The normalized spacial score (nSPS) is 20.1. The molecule has 1 amide bonds. The number of carbonyl (C=O) groups excluding carboxylic acids is 1. The summed E-state index contributed by atoms with van der Waals surface area (Å²) in [7, 11) is 0. The van der Waals surface area contributed by atoms with E-state index in [1.807, 2.05) is 22.4 Å². The number of thiophene rings is 2. The molecule has 100 valence electrons. The van der Waals surface area contributed by atoms with Crippen molar-refractivity contribution in [2.75, 3.05) is 6.54 Å². The summed E-state index contributed by atoms with van der Waals surface area (Å²) >= 11 is 3.32. The second kappa shape index (κ2) is 5.07. The molecule has 0 saturated carbocycles. The van der Waals surface area contributed by atoms with Gasteiger partial charge in [-0.3, -0.25) is 4.79 Å². The van der Waals surface area contributed by atoms with Crippen LogP contribution in [0.15, 0.2) is 29.0 Å². The zero-order valence-electron chi connectivity index (χ0n) is 10.7. The van der Waals surface area contributed by atoms with E-state index in [1.165, 1.54) is 10.4 Å². The van der Waals surface area contributed by atoms with Gasteiger partial charge in [-0.05, 0) is 41.8 Å². The maximum Gasteiger partial charge on any atom is 0.245 e. The Bertz CT molecular complexity index is 576. The molecule has 2 aromatic heterocycles. The van der Waals surface area contributed by atoms with Crippen LogP contribution >= 0.6 is 22.7 Å². The highest BCUT2D eigenvalue weighted by Crippen LogP contribution is 2.34. The molecule has 2 unspecified atom stereocenters. The summed E-state index contributed by atoms with van der Waals surface area (Å²) in [5.41, 5.74) is 7.37. The lowest BCUT2D eigenvalue weighted by atomic mass is 10.0. The van der Waals surface area contributed by atoms with Crippen molar-refractivity contribution in [3.63, 3.8) is 0 Å². The summed E-state index contributed by atoms with van der Waals surface area (Å²) in [6, 6.07) is 5.60. The monoisotopic (exact) mass is 292 g/mol. The summed E-state index contributed by atoms with van der Waals surface area (Å²) in [5.74, 6) is 0.0341. The van der Waals surface area contributed by atoms with Crippen molar-refractivity contribution in [2.45, 2.75) is 25.4 Å². The minimum atomic E-state index is -0.525. The molecular formula is C14H16N2OS2. The maximum absolute atomic E-state index is 12.5. The van der Waals surface area contributed by atoms with Gasteiger partial charge in [0.2, 0.25) is 5.91 Å². The van der Waals surface area contributed by atoms with E-state index in [9.17, 15) is 4.79 Å². The molecule has 3 nitrogen and oxygen atoms in total. The van der Waals surface area contributed by atoms with Crippen LogP contribution in [0.5, 0.6) is 0 Å². The predicted molar refractivity (Wildman–Crippen MR) is 79.4 cm³/mol. The summed E-state index contributed by atoms with van der Waals surface area (Å²) in [5, 5.41) is 4.06. The van der Waals surface area contributed by atoms with E-state index >= 15 is 0 Å². The summed E-state index contributed by atoms with van der Waals surface area (Å²) in [4.78, 5) is 16.8. The van der Waals surface area contributed by atoms with Crippen molar-refractivity contribution in [3.8, 4) is 0 Å². The van der Waals surface area contributed by atoms with Crippen molar-refractivity contribution in [1.82, 2.24) is 4.90 Å². The largest absolute Gasteiger partial charge is 0.334 e. The van der Waals surface area contributed by atoms with Crippen LogP contribution in [0, 0.1) is 0 Å². The van der Waals surface area contributed by atoms with Crippen LogP contribution in [0.25, 0.3) is 0 Å². The molecule has 19 heavy (non-hydrogen) atoms. The fourth-order valence-corrected chi connectivity index (χ4v) is 4.26. The lowest BCUT2D eigenvalue weighted by molar-refractivity contribution is -0.135. The molecular weight excluding hydrogens is 276 g/mol. The van der Waals surface area contributed by atoms with E-state index < -0.39 is 6.04 Å². The number of hydrogen-bond acceptors (Lipinski definition) is 4. The molecule has 1 aliphatic rings. The van der Waals surface area contributed by atoms with Crippen LogP contribution in [0.3, 0.4) is 0 Å². The summed E-state index contributed by atoms with van der Waals surface area (Å²) in [6.07, 6.45) is 0.945. The van der Waals surface area contributed by atoms with Crippen LogP contribution in [-0.2, 0) is 11.2 Å². The first kappa shape index (κ1) is 12.8. The number of rotatable bonds is 2. The Kier molecular flexibility index (Phi) is 3.43. The molecule has 5 heteroatoms. The second-order valence-electron chi connectivity index (χ2n) is 4.75. The van der Waals surface area contributed by atoms with Gasteiger partial charge in [-0.2, -0.15) is 0 Å². The molecule has 0 saturated heterocycles. The zero-order valence-corrected chi connectivity index (χ0v) is 12.3. The van der Waals surface area contributed by atoms with Crippen LogP contribution in [0.1, 0.15) is 34.3 Å². The Balaban J connectivity index is 1.82. The topological polar surface area (TPSA) is 46.3 Å². The lowest BCUT2D eigenvalue weighted by Gasteiger charge is -2.35. The average Bonchev–Trinajstić information content (AvgIpc) is 3.08. The molecule has 2 aromatic rings. The first-order valence-corrected chi connectivity index (χ1v) is 8.10. The van der Waals surface area contributed by atoms with Crippen molar-refractivity contribution in [2.24, 2.45) is 5.73 Å². The highest BCUT2D eigenvalue weighted by atomic mass is 32.1. The van der Waals surface area contributed by atoms with Gasteiger partial charge in [0.15, 0.2) is 0 Å². The number of fused-ring (bicyclic) bond motifs is 1. The molecule has 0 aliphatic carbocycles. The Morgan fingerprint density at radius 1 is 1.42 bits per heavy atom. The molecule has 0 aromatic carbocycles. The van der Waals surface area contributed by atoms with Gasteiger partial charge in [0.25, 0.3) is 0 Å². The average molecular weight is 292 g/mol. The number of carbonyl (C=O) groups is 1. The van der Waals surface area contributed by atoms with E-state index in [4.69, 9.17) is 5.73 Å². The fourth-order valence-electron chi connectivity index (χ4n) is 2.58. The van der Waals surface area contributed by atoms with Gasteiger partial charge in [-0.15, -0.1) is 22.7 Å². The first-order valence-electron chi connectivity index (χ1n) is 6.34. The van der Waals surface area contributed by atoms with E-state index in [0.29, 0.717) is 0 Å². The Labute approximate surface area is 120 Å². The minimum Gasteiger partial charge on any atom is -0.334 e. The number of amides is 1.